The number of rotatable bonds is 1. The van der Waals surface area contributed by atoms with Gasteiger partial charge in [0.2, 0.25) is 0 Å². The summed E-state index contributed by atoms with van der Waals surface area (Å²) in [5, 5.41) is 0. The molecule has 0 radical (unpaired) electrons. The van der Waals surface area contributed by atoms with Crippen LogP contribution in [0.25, 0.3) is 0 Å². The second-order valence-corrected chi connectivity index (χ2v) is 3.16. The highest BCUT2D eigenvalue weighted by atomic mass is 16.5. The summed E-state index contributed by atoms with van der Waals surface area (Å²) in [5.74, 6) is 0. The normalized spacial score (nSPS) is 26.7. The van der Waals surface area contributed by atoms with E-state index in [0.717, 1.165) is 5.56 Å². The van der Waals surface area contributed by atoms with Crippen LogP contribution in [-0.4, -0.2) is 12.1 Å². The van der Waals surface area contributed by atoms with Gasteiger partial charge >= 0.3 is 0 Å². The van der Waals surface area contributed by atoms with Gasteiger partial charge in [-0.25, -0.2) is 4.99 Å². The molecule has 0 spiro atoms. The van der Waals surface area contributed by atoms with Crippen LogP contribution in [0, 0.1) is 0 Å². The van der Waals surface area contributed by atoms with E-state index in [1.54, 1.807) is 0 Å². The molecule has 1 aromatic carbocycles. The van der Waals surface area contributed by atoms with Crippen molar-refractivity contribution in [1.82, 2.24) is 0 Å². The van der Waals surface area contributed by atoms with Crippen molar-refractivity contribution in [1.29, 1.82) is 0 Å². The van der Waals surface area contributed by atoms with Crippen molar-refractivity contribution in [3.8, 4) is 0 Å². The molecule has 0 amide bonds. The molecule has 0 fully saturated rings. The van der Waals surface area contributed by atoms with Crippen LogP contribution in [0.5, 0.6) is 0 Å². The lowest BCUT2D eigenvalue weighted by Crippen LogP contribution is -2.14. The summed E-state index contributed by atoms with van der Waals surface area (Å²) in [6, 6.07) is 10.4. The minimum absolute atomic E-state index is 0.0128. The SMILES string of the molecule is C[C@H]1N=C(N)O[C@H]1c1ccccc1. The lowest BCUT2D eigenvalue weighted by atomic mass is 10.0. The Labute approximate surface area is 77.2 Å². The number of benzene rings is 1. The molecule has 2 N–H and O–H groups in total. The quantitative estimate of drug-likeness (QED) is 0.704. The van der Waals surface area contributed by atoms with E-state index in [1.807, 2.05) is 37.3 Å². The maximum atomic E-state index is 5.48. The Kier molecular flexibility index (Phi) is 1.93. The number of hydrogen-bond acceptors (Lipinski definition) is 3. The molecular formula is C10H12N2O. The van der Waals surface area contributed by atoms with E-state index >= 15 is 0 Å². The molecule has 1 heterocycles. The average Bonchev–Trinajstić information content (AvgIpc) is 2.47. The maximum Gasteiger partial charge on any atom is 0.283 e. The van der Waals surface area contributed by atoms with Crippen LogP contribution >= 0.6 is 0 Å². The first-order valence-electron chi connectivity index (χ1n) is 4.32. The van der Waals surface area contributed by atoms with E-state index < -0.39 is 0 Å². The van der Waals surface area contributed by atoms with Gasteiger partial charge in [0, 0.05) is 0 Å². The van der Waals surface area contributed by atoms with Gasteiger partial charge in [-0.2, -0.15) is 0 Å². The van der Waals surface area contributed by atoms with E-state index in [-0.39, 0.29) is 12.1 Å². The Morgan fingerprint density at radius 3 is 2.54 bits per heavy atom. The van der Waals surface area contributed by atoms with Crippen LogP contribution in [0.1, 0.15) is 18.6 Å². The van der Waals surface area contributed by atoms with E-state index in [2.05, 4.69) is 4.99 Å². The maximum absolute atomic E-state index is 5.48. The fraction of sp³-hybridized carbons (Fsp3) is 0.300. The molecule has 0 aliphatic carbocycles. The minimum Gasteiger partial charge on any atom is -0.455 e. The molecule has 0 saturated heterocycles. The second kappa shape index (κ2) is 3.09. The number of hydrogen-bond donors (Lipinski definition) is 1. The van der Waals surface area contributed by atoms with Crippen LogP contribution < -0.4 is 5.73 Å². The van der Waals surface area contributed by atoms with Crippen molar-refractivity contribution >= 4 is 6.02 Å². The summed E-state index contributed by atoms with van der Waals surface area (Å²) in [6.45, 7) is 2.00. The molecule has 0 aromatic heterocycles. The van der Waals surface area contributed by atoms with Gasteiger partial charge < -0.3 is 10.5 Å². The predicted octanol–water partition coefficient (Wildman–Crippen LogP) is 1.46. The Morgan fingerprint density at radius 1 is 1.31 bits per heavy atom. The van der Waals surface area contributed by atoms with Crippen LogP contribution in [0.15, 0.2) is 35.3 Å². The van der Waals surface area contributed by atoms with E-state index in [9.17, 15) is 0 Å². The van der Waals surface area contributed by atoms with Gasteiger partial charge in [-0.15, -0.1) is 0 Å². The fourth-order valence-electron chi connectivity index (χ4n) is 1.52. The molecular weight excluding hydrogens is 164 g/mol. The summed E-state index contributed by atoms with van der Waals surface area (Å²) in [5.41, 5.74) is 6.60. The highest BCUT2D eigenvalue weighted by Crippen LogP contribution is 2.27. The van der Waals surface area contributed by atoms with Gasteiger partial charge in [-0.05, 0) is 12.5 Å². The topological polar surface area (TPSA) is 47.6 Å². The Hall–Kier alpha value is -1.51. The summed E-state index contributed by atoms with van der Waals surface area (Å²) in [7, 11) is 0. The van der Waals surface area contributed by atoms with Crippen molar-refractivity contribution in [2.24, 2.45) is 10.7 Å². The second-order valence-electron chi connectivity index (χ2n) is 3.16. The third kappa shape index (κ3) is 1.49. The molecule has 2 atom stereocenters. The van der Waals surface area contributed by atoms with Gasteiger partial charge in [0.25, 0.3) is 6.02 Å². The number of aliphatic imine (C=N–C) groups is 1. The monoisotopic (exact) mass is 176 g/mol. The number of nitrogens with two attached hydrogens (primary N) is 1. The first kappa shape index (κ1) is 8.10. The van der Waals surface area contributed by atoms with Gasteiger partial charge in [-0.1, -0.05) is 30.3 Å². The highest BCUT2D eigenvalue weighted by Gasteiger charge is 2.26. The molecule has 13 heavy (non-hydrogen) atoms. The largest absolute Gasteiger partial charge is 0.455 e. The van der Waals surface area contributed by atoms with Crippen molar-refractivity contribution in [2.45, 2.75) is 19.1 Å². The summed E-state index contributed by atoms with van der Waals surface area (Å²) in [4.78, 5) is 4.12. The average molecular weight is 176 g/mol. The molecule has 3 nitrogen and oxygen atoms in total. The Morgan fingerprint density at radius 2 is 2.00 bits per heavy atom. The van der Waals surface area contributed by atoms with Crippen LogP contribution in [-0.2, 0) is 4.74 Å². The Bertz CT molecular complexity index is 321. The van der Waals surface area contributed by atoms with Crippen LogP contribution in [0.4, 0.5) is 0 Å². The lowest BCUT2D eigenvalue weighted by molar-refractivity contribution is 0.199. The van der Waals surface area contributed by atoms with Crippen LogP contribution in [0.2, 0.25) is 0 Å². The molecule has 1 aliphatic heterocycles. The molecule has 1 aliphatic rings. The van der Waals surface area contributed by atoms with Gasteiger partial charge in [0.1, 0.15) is 6.10 Å². The highest BCUT2D eigenvalue weighted by molar-refractivity contribution is 5.73. The zero-order valence-electron chi connectivity index (χ0n) is 7.47. The zero-order valence-corrected chi connectivity index (χ0v) is 7.47. The number of ether oxygens (including phenoxy) is 1. The van der Waals surface area contributed by atoms with E-state index in [4.69, 9.17) is 10.5 Å². The van der Waals surface area contributed by atoms with Crippen molar-refractivity contribution in [2.75, 3.05) is 0 Å². The standard InChI is InChI=1S/C10H12N2O/c1-7-9(13-10(11)12-7)8-5-3-2-4-6-8/h2-7,9H,1H3,(H2,11,12)/t7-,9-/m1/s1. The Balaban J connectivity index is 2.21. The molecule has 0 unspecified atom stereocenters. The smallest absolute Gasteiger partial charge is 0.283 e. The van der Waals surface area contributed by atoms with E-state index in [1.165, 1.54) is 0 Å². The zero-order chi connectivity index (χ0) is 9.26. The molecule has 3 heteroatoms. The van der Waals surface area contributed by atoms with Gasteiger partial charge in [0.05, 0.1) is 6.04 Å². The first-order chi connectivity index (χ1) is 6.27. The molecule has 68 valence electrons. The van der Waals surface area contributed by atoms with Gasteiger partial charge in [-0.3, -0.25) is 0 Å². The van der Waals surface area contributed by atoms with Crippen molar-refractivity contribution in [3.05, 3.63) is 35.9 Å². The number of amidine groups is 1. The number of nitrogens with zero attached hydrogens (tertiary/aromatic N) is 1. The molecule has 2 rings (SSSR count). The van der Waals surface area contributed by atoms with Crippen LogP contribution in [0.3, 0.4) is 0 Å². The minimum atomic E-state index is -0.0128. The summed E-state index contributed by atoms with van der Waals surface area (Å²) in [6.07, 6.45) is -0.0128. The van der Waals surface area contributed by atoms with Gasteiger partial charge in [0.15, 0.2) is 0 Å². The molecule has 1 aromatic rings. The molecule has 0 bridgehead atoms. The third-order valence-corrected chi connectivity index (χ3v) is 2.14. The first-order valence-corrected chi connectivity index (χ1v) is 4.32. The molecule has 0 saturated carbocycles. The lowest BCUT2D eigenvalue weighted by Gasteiger charge is -2.13. The summed E-state index contributed by atoms with van der Waals surface area (Å²) >= 11 is 0. The van der Waals surface area contributed by atoms with Crippen molar-refractivity contribution < 1.29 is 4.74 Å². The van der Waals surface area contributed by atoms with Crippen molar-refractivity contribution in [3.63, 3.8) is 0 Å². The predicted molar refractivity (Wildman–Crippen MR) is 51.4 cm³/mol. The summed E-state index contributed by atoms with van der Waals surface area (Å²) < 4.78 is 5.39. The fourth-order valence-corrected chi connectivity index (χ4v) is 1.52. The van der Waals surface area contributed by atoms with E-state index in [0.29, 0.717) is 6.02 Å². The third-order valence-electron chi connectivity index (χ3n) is 2.14.